The largest absolute Gasteiger partial charge is 0.369 e. The van der Waals surface area contributed by atoms with E-state index in [1.165, 1.54) is 12.3 Å². The number of halogens is 1. The quantitative estimate of drug-likeness (QED) is 0.877. The van der Waals surface area contributed by atoms with E-state index in [0.717, 1.165) is 6.42 Å². The van der Waals surface area contributed by atoms with Crippen molar-refractivity contribution in [2.45, 2.75) is 18.2 Å². The summed E-state index contributed by atoms with van der Waals surface area (Å²) in [5, 5.41) is 7.98. The average molecular weight is 294 g/mol. The van der Waals surface area contributed by atoms with E-state index >= 15 is 0 Å². The van der Waals surface area contributed by atoms with Gasteiger partial charge in [0.25, 0.3) is 0 Å². The van der Waals surface area contributed by atoms with Gasteiger partial charge < -0.3 is 5.32 Å². The van der Waals surface area contributed by atoms with Crippen LogP contribution in [0, 0.1) is 0 Å². The van der Waals surface area contributed by atoms with Crippen LogP contribution in [0.25, 0.3) is 0 Å². The molecule has 3 N–H and O–H groups in total. The molecular weight excluding hydrogens is 282 g/mol. The number of hydrogen-bond donors (Lipinski definition) is 2. The summed E-state index contributed by atoms with van der Waals surface area (Å²) in [5.41, 5.74) is 0. The fourth-order valence-corrected chi connectivity index (χ4v) is 2.18. The highest BCUT2D eigenvalue weighted by molar-refractivity contribution is 9.10. The predicted octanol–water partition coefficient (Wildman–Crippen LogP) is 1.31. The zero-order chi connectivity index (χ0) is 11.5. The van der Waals surface area contributed by atoms with Crippen molar-refractivity contribution >= 4 is 31.8 Å². The number of nitrogens with two attached hydrogens (primary N) is 1. The van der Waals surface area contributed by atoms with Gasteiger partial charge in [0, 0.05) is 17.2 Å². The molecule has 84 valence electrons. The fourth-order valence-electron chi connectivity index (χ4n) is 1.01. The van der Waals surface area contributed by atoms with E-state index in [0.29, 0.717) is 16.8 Å². The molecule has 15 heavy (non-hydrogen) atoms. The van der Waals surface area contributed by atoms with Gasteiger partial charge in [-0.05, 0) is 28.4 Å². The molecule has 0 aliphatic rings. The minimum Gasteiger partial charge on any atom is -0.369 e. The van der Waals surface area contributed by atoms with E-state index in [1.54, 1.807) is 0 Å². The van der Waals surface area contributed by atoms with Gasteiger partial charge in [-0.25, -0.2) is 18.5 Å². The highest BCUT2D eigenvalue weighted by atomic mass is 79.9. The molecule has 0 aliphatic heterocycles. The Hall–Kier alpha value is -0.660. The number of pyridine rings is 1. The first-order valence-corrected chi connectivity index (χ1v) is 6.71. The third kappa shape index (κ3) is 3.44. The highest BCUT2D eigenvalue weighted by Gasteiger charge is 2.15. The van der Waals surface area contributed by atoms with Crippen molar-refractivity contribution in [3.05, 3.63) is 16.7 Å². The molecule has 0 atom stereocenters. The van der Waals surface area contributed by atoms with E-state index < -0.39 is 10.0 Å². The smallest absolute Gasteiger partial charge is 0.241 e. The molecule has 1 heterocycles. The highest BCUT2D eigenvalue weighted by Crippen LogP contribution is 2.21. The number of aromatic nitrogens is 1. The van der Waals surface area contributed by atoms with Gasteiger partial charge in [-0.3, -0.25) is 0 Å². The van der Waals surface area contributed by atoms with Crippen LogP contribution in [-0.4, -0.2) is 19.9 Å². The molecule has 1 aromatic heterocycles. The maximum atomic E-state index is 11.2. The monoisotopic (exact) mass is 293 g/mol. The molecule has 0 unspecified atom stereocenters. The average Bonchev–Trinajstić information content (AvgIpc) is 2.14. The van der Waals surface area contributed by atoms with E-state index in [-0.39, 0.29) is 4.90 Å². The summed E-state index contributed by atoms with van der Waals surface area (Å²) in [6.45, 7) is 2.62. The summed E-state index contributed by atoms with van der Waals surface area (Å²) in [6, 6.07) is 1.43. The standard InChI is InChI=1S/C8H12BrN3O2S/c1-2-3-11-8-7(15(10,13)14)4-6(9)5-12-8/h4-5H,2-3H2,1H3,(H,11,12)(H2,10,13,14). The number of rotatable bonds is 4. The molecule has 1 rings (SSSR count). The van der Waals surface area contributed by atoms with E-state index in [1.807, 2.05) is 6.92 Å². The van der Waals surface area contributed by atoms with Crippen molar-refractivity contribution < 1.29 is 8.42 Å². The molecule has 0 radical (unpaired) electrons. The van der Waals surface area contributed by atoms with Crippen molar-refractivity contribution in [2.75, 3.05) is 11.9 Å². The molecule has 0 spiro atoms. The zero-order valence-corrected chi connectivity index (χ0v) is 10.6. The molecule has 0 aliphatic carbocycles. The van der Waals surface area contributed by atoms with Crippen LogP contribution in [0.5, 0.6) is 0 Å². The lowest BCUT2D eigenvalue weighted by atomic mass is 10.4. The predicted molar refractivity (Wildman–Crippen MR) is 62.1 cm³/mol. The molecule has 0 aromatic carbocycles. The molecule has 0 saturated heterocycles. The van der Waals surface area contributed by atoms with Crippen LogP contribution in [-0.2, 0) is 10.0 Å². The van der Waals surface area contributed by atoms with Crippen LogP contribution < -0.4 is 10.5 Å². The van der Waals surface area contributed by atoms with E-state index in [2.05, 4.69) is 26.2 Å². The number of primary sulfonamides is 1. The lowest BCUT2D eigenvalue weighted by Crippen LogP contribution is -2.16. The minimum absolute atomic E-state index is 0.00493. The molecule has 0 fully saturated rings. The number of anilines is 1. The Kier molecular flexibility index (Phi) is 4.06. The first kappa shape index (κ1) is 12.4. The summed E-state index contributed by atoms with van der Waals surface area (Å²) < 4.78 is 23.1. The second-order valence-corrected chi connectivity index (χ2v) is 5.42. The Morgan fingerprint density at radius 2 is 2.27 bits per heavy atom. The maximum absolute atomic E-state index is 11.2. The van der Waals surface area contributed by atoms with Crippen LogP contribution >= 0.6 is 15.9 Å². The molecule has 0 amide bonds. The van der Waals surface area contributed by atoms with Crippen molar-refractivity contribution in [2.24, 2.45) is 5.14 Å². The molecule has 0 saturated carbocycles. The second-order valence-electron chi connectivity index (χ2n) is 2.97. The van der Waals surface area contributed by atoms with E-state index in [9.17, 15) is 8.42 Å². The fraction of sp³-hybridized carbons (Fsp3) is 0.375. The van der Waals surface area contributed by atoms with Crippen molar-refractivity contribution in [3.63, 3.8) is 0 Å². The molecular formula is C8H12BrN3O2S. The molecule has 7 heteroatoms. The summed E-state index contributed by atoms with van der Waals surface area (Å²) >= 11 is 3.15. The van der Waals surface area contributed by atoms with Crippen molar-refractivity contribution in [1.82, 2.24) is 4.98 Å². The minimum atomic E-state index is -3.74. The third-order valence-electron chi connectivity index (χ3n) is 1.67. The van der Waals surface area contributed by atoms with Gasteiger partial charge in [-0.2, -0.15) is 0 Å². The lowest BCUT2D eigenvalue weighted by Gasteiger charge is -2.08. The lowest BCUT2D eigenvalue weighted by molar-refractivity contribution is 0.597. The summed E-state index contributed by atoms with van der Waals surface area (Å²) in [4.78, 5) is 3.97. The number of nitrogens with one attached hydrogen (secondary N) is 1. The normalized spacial score (nSPS) is 11.4. The summed E-state index contributed by atoms with van der Waals surface area (Å²) in [5.74, 6) is 0.294. The van der Waals surface area contributed by atoms with Gasteiger partial charge in [-0.1, -0.05) is 6.92 Å². The Balaban J connectivity index is 3.15. The molecule has 0 bridgehead atoms. The van der Waals surface area contributed by atoms with E-state index in [4.69, 9.17) is 5.14 Å². The Morgan fingerprint density at radius 3 is 2.80 bits per heavy atom. The van der Waals surface area contributed by atoms with Crippen molar-refractivity contribution in [3.8, 4) is 0 Å². The Morgan fingerprint density at radius 1 is 1.60 bits per heavy atom. The van der Waals surface area contributed by atoms with Gasteiger partial charge in [0.2, 0.25) is 10.0 Å². The second kappa shape index (κ2) is 4.91. The Bertz CT molecular complexity index is 447. The maximum Gasteiger partial charge on any atom is 0.241 e. The number of hydrogen-bond acceptors (Lipinski definition) is 4. The van der Waals surface area contributed by atoms with Gasteiger partial charge in [0.05, 0.1) is 0 Å². The summed E-state index contributed by atoms with van der Waals surface area (Å²) in [6.07, 6.45) is 2.40. The van der Waals surface area contributed by atoms with Crippen LogP contribution in [0.3, 0.4) is 0 Å². The van der Waals surface area contributed by atoms with Crippen molar-refractivity contribution in [1.29, 1.82) is 0 Å². The van der Waals surface area contributed by atoms with Crippen LogP contribution in [0.2, 0.25) is 0 Å². The van der Waals surface area contributed by atoms with Crippen LogP contribution in [0.15, 0.2) is 21.6 Å². The SMILES string of the molecule is CCCNc1ncc(Br)cc1S(N)(=O)=O. The number of sulfonamides is 1. The first-order valence-electron chi connectivity index (χ1n) is 4.37. The van der Waals surface area contributed by atoms with Gasteiger partial charge in [0.15, 0.2) is 0 Å². The van der Waals surface area contributed by atoms with Crippen LogP contribution in [0.4, 0.5) is 5.82 Å². The zero-order valence-electron chi connectivity index (χ0n) is 8.20. The van der Waals surface area contributed by atoms with Gasteiger partial charge in [0.1, 0.15) is 10.7 Å². The molecule has 1 aromatic rings. The van der Waals surface area contributed by atoms with Crippen LogP contribution in [0.1, 0.15) is 13.3 Å². The van der Waals surface area contributed by atoms with Gasteiger partial charge >= 0.3 is 0 Å². The van der Waals surface area contributed by atoms with Gasteiger partial charge in [-0.15, -0.1) is 0 Å². The molecule has 5 nitrogen and oxygen atoms in total. The number of nitrogens with zero attached hydrogens (tertiary/aromatic N) is 1. The summed E-state index contributed by atoms with van der Waals surface area (Å²) in [7, 11) is -3.74. The first-order chi connectivity index (χ1) is 6.95. The third-order valence-corrected chi connectivity index (χ3v) is 3.03. The Labute approximate surface area is 97.3 Å². The topological polar surface area (TPSA) is 85.1 Å².